The molecular weight excluding hydrogens is 849 g/mol. The zero-order valence-corrected chi connectivity index (χ0v) is 29.6. The summed E-state index contributed by atoms with van der Waals surface area (Å²) in [6, 6.07) is 3.82. The van der Waals surface area contributed by atoms with Crippen molar-refractivity contribution in [3.05, 3.63) is 59.0 Å². The van der Waals surface area contributed by atoms with Crippen LogP contribution in [0.2, 0.25) is 0 Å². The van der Waals surface area contributed by atoms with Gasteiger partial charge in [-0.3, -0.25) is 14.6 Å². The highest BCUT2D eigenvalue weighted by Gasteiger charge is 2.54. The van der Waals surface area contributed by atoms with Gasteiger partial charge in [-0.25, -0.2) is 0 Å². The Hall–Kier alpha value is -1.91. The van der Waals surface area contributed by atoms with E-state index in [4.69, 9.17) is 30.6 Å². The Morgan fingerprint density at radius 1 is 1.30 bits per heavy atom. The molecule has 1 aromatic rings. The van der Waals surface area contributed by atoms with Crippen LogP contribution in [0.25, 0.3) is 0 Å². The standard InChI is InChI=1S/C27H26Br4ClN3O8/c1-40-23-17(30)10-27(42-12-18(23)31)25(38)21(35-43-27)26(39)34-4-2-6-41-24-15(28)7-13(8-16(24)29)3-5-33-11-14-20(36)9-19(32)22(14)37/h7-8,11-12,19,25,37-38H,2-6,9-10H2,1H3,(H,34,39)/t19?,25-,27-/m0/s1. The molecule has 2 aliphatic heterocycles. The molecule has 1 unspecified atom stereocenters. The van der Waals surface area contributed by atoms with Crippen molar-refractivity contribution in [1.82, 2.24) is 5.32 Å². The molecule has 0 aromatic heterocycles. The number of oxime groups is 1. The number of halogens is 5. The minimum absolute atomic E-state index is 0.0472. The van der Waals surface area contributed by atoms with E-state index in [9.17, 15) is 19.8 Å². The highest BCUT2D eigenvalue weighted by atomic mass is 79.9. The van der Waals surface area contributed by atoms with E-state index in [1.54, 1.807) is 0 Å². The highest BCUT2D eigenvalue weighted by Crippen LogP contribution is 2.41. The molecule has 2 heterocycles. The number of carbonyl (C=O) groups is 2. The number of hydrogen-bond donors (Lipinski definition) is 3. The first-order valence-corrected chi connectivity index (χ1v) is 16.5. The first kappa shape index (κ1) is 34.0. The quantitative estimate of drug-likeness (QED) is 0.151. The van der Waals surface area contributed by atoms with E-state index in [0.29, 0.717) is 46.5 Å². The third-order valence-corrected chi connectivity index (χ3v) is 9.26. The Kier molecular flexibility index (Phi) is 11.8. The van der Waals surface area contributed by atoms with Crippen LogP contribution in [0.3, 0.4) is 0 Å². The van der Waals surface area contributed by atoms with Crippen molar-refractivity contribution in [1.29, 1.82) is 0 Å². The van der Waals surface area contributed by atoms with E-state index < -0.39 is 23.2 Å². The zero-order chi connectivity index (χ0) is 31.3. The second-order valence-electron chi connectivity index (χ2n) is 9.51. The Morgan fingerprint density at radius 2 is 2.02 bits per heavy atom. The summed E-state index contributed by atoms with van der Waals surface area (Å²) in [5.41, 5.74) is 0.931. The number of methoxy groups -OCH3 is 1. The summed E-state index contributed by atoms with van der Waals surface area (Å²) in [5.74, 6) is -1.49. The van der Waals surface area contributed by atoms with Crippen molar-refractivity contribution in [2.75, 3.05) is 26.8 Å². The number of aliphatic hydroxyl groups excluding tert-OH is 2. The first-order valence-electron chi connectivity index (χ1n) is 12.9. The molecular formula is C27H26Br4ClN3O8. The molecule has 0 saturated heterocycles. The first-order chi connectivity index (χ1) is 20.5. The van der Waals surface area contributed by atoms with Crippen molar-refractivity contribution in [2.45, 2.75) is 43.0 Å². The summed E-state index contributed by atoms with van der Waals surface area (Å²) >= 11 is 19.7. The van der Waals surface area contributed by atoms with Crippen LogP contribution in [0.1, 0.15) is 24.8 Å². The summed E-state index contributed by atoms with van der Waals surface area (Å²) in [7, 11) is 1.49. The van der Waals surface area contributed by atoms with Gasteiger partial charge in [0.25, 0.3) is 5.91 Å². The number of Topliss-reactive ketones (excluding diaryl/α,β-unsaturated/α-hetero) is 1. The average Bonchev–Trinajstić information content (AvgIpc) is 3.35. The second-order valence-corrected chi connectivity index (χ2v) is 13.6. The maximum atomic E-state index is 12.7. The fraction of sp³-hybridized carbons (Fsp3) is 0.407. The van der Waals surface area contributed by atoms with Crippen LogP contribution in [-0.4, -0.2) is 77.9 Å². The van der Waals surface area contributed by atoms with E-state index in [1.165, 1.54) is 19.6 Å². The maximum absolute atomic E-state index is 12.7. The van der Waals surface area contributed by atoms with Crippen LogP contribution < -0.4 is 10.1 Å². The van der Waals surface area contributed by atoms with Gasteiger partial charge in [0.15, 0.2) is 17.6 Å². The number of aliphatic imine (C=N–C) groups is 1. The molecule has 1 aliphatic carbocycles. The van der Waals surface area contributed by atoms with E-state index in [1.807, 2.05) is 12.1 Å². The number of aliphatic hydroxyl groups is 2. The van der Waals surface area contributed by atoms with Gasteiger partial charge in [-0.15, -0.1) is 11.6 Å². The maximum Gasteiger partial charge on any atom is 0.311 e. The highest BCUT2D eigenvalue weighted by molar-refractivity contribution is 9.12. The molecule has 1 amide bonds. The Morgan fingerprint density at radius 3 is 2.67 bits per heavy atom. The van der Waals surface area contributed by atoms with Gasteiger partial charge in [-0.1, -0.05) is 21.1 Å². The van der Waals surface area contributed by atoms with E-state index in [2.05, 4.69) is 79.2 Å². The van der Waals surface area contributed by atoms with Gasteiger partial charge in [0, 0.05) is 30.2 Å². The molecule has 3 aliphatic rings. The molecule has 3 N–H and O–H groups in total. The largest absolute Gasteiger partial charge is 0.510 e. The van der Waals surface area contributed by atoms with Gasteiger partial charge < -0.3 is 34.6 Å². The normalized spacial score (nSPS) is 23.7. The number of amides is 1. The van der Waals surface area contributed by atoms with Gasteiger partial charge in [0.2, 0.25) is 0 Å². The van der Waals surface area contributed by atoms with Gasteiger partial charge in [0.05, 0.1) is 44.5 Å². The number of allylic oxidation sites excluding steroid dienone is 3. The molecule has 0 saturated carbocycles. The van der Waals surface area contributed by atoms with Gasteiger partial charge in [-0.2, -0.15) is 0 Å². The van der Waals surface area contributed by atoms with E-state index in [-0.39, 0.29) is 42.2 Å². The predicted molar refractivity (Wildman–Crippen MR) is 174 cm³/mol. The summed E-state index contributed by atoms with van der Waals surface area (Å²) < 4.78 is 19.4. The molecule has 11 nitrogen and oxygen atoms in total. The molecule has 232 valence electrons. The Labute approximate surface area is 285 Å². The van der Waals surface area contributed by atoms with Gasteiger partial charge in [0.1, 0.15) is 23.5 Å². The van der Waals surface area contributed by atoms with Crippen LogP contribution >= 0.6 is 75.3 Å². The molecule has 0 radical (unpaired) electrons. The molecule has 0 bridgehead atoms. The number of carbonyl (C=O) groups excluding carboxylic acids is 2. The summed E-state index contributed by atoms with van der Waals surface area (Å²) in [6.45, 7) is 0.959. The van der Waals surface area contributed by atoms with E-state index >= 15 is 0 Å². The number of nitrogens with one attached hydrogen (secondary N) is 1. The second kappa shape index (κ2) is 14.9. The van der Waals surface area contributed by atoms with Crippen LogP contribution in [-0.2, 0) is 30.3 Å². The third kappa shape index (κ3) is 7.85. The Bertz CT molecular complexity index is 1420. The van der Waals surface area contributed by atoms with Crippen molar-refractivity contribution in [2.24, 2.45) is 10.1 Å². The average molecular weight is 876 g/mol. The third-order valence-electron chi connectivity index (χ3n) is 6.54. The topological polar surface area (TPSA) is 148 Å². The van der Waals surface area contributed by atoms with E-state index in [0.717, 1.165) is 14.5 Å². The molecule has 4 rings (SSSR count). The lowest BCUT2D eigenvalue weighted by Gasteiger charge is -2.27. The van der Waals surface area contributed by atoms with Gasteiger partial charge >= 0.3 is 5.79 Å². The lowest BCUT2D eigenvalue weighted by atomic mass is 10.0. The molecule has 43 heavy (non-hydrogen) atoms. The van der Waals surface area contributed by atoms with Crippen LogP contribution in [0.4, 0.5) is 0 Å². The fourth-order valence-electron chi connectivity index (χ4n) is 4.30. The van der Waals surface area contributed by atoms with Crippen molar-refractivity contribution < 1.29 is 38.9 Å². The smallest absolute Gasteiger partial charge is 0.311 e. The SMILES string of the molecule is COC1=C(Br)C[C@]2(OC=C1Br)ON=C(C(=O)NCCCOc1c(Br)cc(CCN=CC3=C(O)C(Cl)CC3=O)cc1Br)[C@@H]2O. The van der Waals surface area contributed by atoms with Crippen molar-refractivity contribution in [3.63, 3.8) is 0 Å². The number of ketones is 1. The lowest BCUT2D eigenvalue weighted by molar-refractivity contribution is -0.225. The number of alkyl halides is 1. The van der Waals surface area contributed by atoms with Crippen molar-refractivity contribution in [3.8, 4) is 5.75 Å². The predicted octanol–water partition coefficient (Wildman–Crippen LogP) is 5.46. The van der Waals surface area contributed by atoms with Crippen LogP contribution in [0.15, 0.2) is 63.5 Å². The monoisotopic (exact) mass is 871 g/mol. The number of benzene rings is 1. The number of ether oxygens (including phenoxy) is 3. The number of nitrogens with zero attached hydrogens (tertiary/aromatic N) is 2. The van der Waals surface area contributed by atoms with Crippen LogP contribution in [0, 0.1) is 0 Å². The summed E-state index contributed by atoms with van der Waals surface area (Å²) in [4.78, 5) is 34.2. The molecule has 1 aromatic carbocycles. The molecule has 16 heteroatoms. The minimum atomic E-state index is -1.62. The van der Waals surface area contributed by atoms with Crippen LogP contribution in [0.5, 0.6) is 5.75 Å². The number of rotatable bonds is 11. The van der Waals surface area contributed by atoms with Gasteiger partial charge in [-0.05, 0) is 78.3 Å². The minimum Gasteiger partial charge on any atom is -0.510 e. The molecule has 0 fully saturated rings. The lowest BCUT2D eigenvalue weighted by Crippen LogP contribution is -2.49. The molecule has 1 spiro atoms. The molecule has 3 atom stereocenters. The van der Waals surface area contributed by atoms with Crippen molar-refractivity contribution >= 4 is 98.9 Å². The Balaban J connectivity index is 1.22. The summed E-state index contributed by atoms with van der Waals surface area (Å²) in [6.07, 6.45) is 2.43. The number of hydrogen-bond acceptors (Lipinski definition) is 10. The zero-order valence-electron chi connectivity index (χ0n) is 22.5. The summed E-state index contributed by atoms with van der Waals surface area (Å²) in [5, 5.41) is 26.6. The fourth-order valence-corrected chi connectivity index (χ4v) is 7.59.